The monoisotopic (exact) mass is 335 g/mol. The van der Waals surface area contributed by atoms with Gasteiger partial charge in [-0.25, -0.2) is 0 Å². The van der Waals surface area contributed by atoms with Crippen molar-refractivity contribution >= 4 is 46.0 Å². The molecule has 0 bridgehead atoms. The van der Waals surface area contributed by atoms with Crippen molar-refractivity contribution in [2.45, 2.75) is 10.8 Å². The normalized spacial score (nSPS) is 12.4. The Balaban J connectivity index is 2.32. The first-order chi connectivity index (χ1) is 9.00. The van der Waals surface area contributed by atoms with Crippen LogP contribution in [0.5, 0.6) is 0 Å². The second-order valence-electron chi connectivity index (χ2n) is 3.68. The number of halogens is 3. The van der Waals surface area contributed by atoms with Gasteiger partial charge in [0.15, 0.2) is 6.20 Å². The number of hydrogen-bond acceptors (Lipinski definition) is 2. The van der Waals surface area contributed by atoms with Crippen LogP contribution in [0.25, 0.3) is 0 Å². The molecule has 0 saturated carbocycles. The third-order valence-corrected chi connectivity index (χ3v) is 4.97. The average Bonchev–Trinajstić information content (AvgIpc) is 2.39. The molecule has 3 nitrogen and oxygen atoms in total. The van der Waals surface area contributed by atoms with E-state index in [1.807, 2.05) is 0 Å². The van der Waals surface area contributed by atoms with Crippen molar-refractivity contribution < 1.29 is 9.28 Å². The van der Waals surface area contributed by atoms with E-state index < -0.39 is 11.2 Å². The van der Waals surface area contributed by atoms with Crippen molar-refractivity contribution in [2.24, 2.45) is 0 Å². The molecule has 2 aromatic rings. The summed E-state index contributed by atoms with van der Waals surface area (Å²) < 4.78 is 12.7. The first kappa shape index (κ1) is 14.8. The molecule has 1 atom stereocenters. The minimum atomic E-state index is -1.55. The van der Waals surface area contributed by atoms with Gasteiger partial charge in [0.05, 0.1) is 32.3 Å². The maximum Gasteiger partial charge on any atom is 0.393 e. The Hall–Kier alpha value is -0.650. The second kappa shape index (κ2) is 6.20. The summed E-state index contributed by atoms with van der Waals surface area (Å²) in [5.74, 6) is 0.0322. The van der Waals surface area contributed by atoms with Gasteiger partial charge in [0, 0.05) is 11.6 Å². The Morgan fingerprint density at radius 3 is 2.42 bits per heavy atom. The maximum atomic E-state index is 12.2. The minimum Gasteiger partial charge on any atom is -0.615 e. The van der Waals surface area contributed by atoms with Crippen LogP contribution in [0.15, 0.2) is 41.6 Å². The summed E-state index contributed by atoms with van der Waals surface area (Å²) in [4.78, 5) is 0. The van der Waals surface area contributed by atoms with Gasteiger partial charge < -0.3 is 9.76 Å². The molecule has 1 aromatic carbocycles. The highest BCUT2D eigenvalue weighted by molar-refractivity contribution is 7.90. The summed E-state index contributed by atoms with van der Waals surface area (Å²) in [5, 5.41) is 12.6. The molecule has 1 heterocycles. The summed E-state index contributed by atoms with van der Waals surface area (Å²) >= 11 is 16.4. The number of nitrogens with zero attached hydrogens (tertiary/aromatic N) is 1. The highest BCUT2D eigenvalue weighted by Crippen LogP contribution is 2.33. The zero-order valence-corrected chi connectivity index (χ0v) is 12.6. The predicted octanol–water partition coefficient (Wildman–Crippen LogP) is 3.59. The molecule has 2 rings (SSSR count). The second-order valence-corrected chi connectivity index (χ2v) is 6.27. The van der Waals surface area contributed by atoms with E-state index in [2.05, 4.69) is 0 Å². The molecule has 0 aliphatic heterocycles. The number of rotatable bonds is 3. The van der Waals surface area contributed by atoms with Gasteiger partial charge in [-0.15, -0.1) is 4.73 Å². The number of hydrogen-bond donors (Lipinski definition) is 0. The number of benzene rings is 1. The Kier molecular flexibility index (Phi) is 4.81. The minimum absolute atomic E-state index is 0.0322. The third-order valence-electron chi connectivity index (χ3n) is 2.44. The highest BCUT2D eigenvalue weighted by Gasteiger charge is 2.24. The Bertz CT molecular complexity index is 610. The summed E-state index contributed by atoms with van der Waals surface area (Å²) in [5.41, 5.74) is 0.470. The molecular weight excluding hydrogens is 329 g/mol. The van der Waals surface area contributed by atoms with Crippen molar-refractivity contribution in [3.8, 4) is 0 Å². The van der Waals surface area contributed by atoms with Gasteiger partial charge in [0.25, 0.3) is 0 Å². The van der Waals surface area contributed by atoms with Crippen molar-refractivity contribution in [1.29, 1.82) is 0 Å². The van der Waals surface area contributed by atoms with Crippen LogP contribution in [-0.2, 0) is 16.9 Å². The van der Waals surface area contributed by atoms with Crippen molar-refractivity contribution in [2.75, 3.05) is 0 Å². The van der Waals surface area contributed by atoms with Crippen LogP contribution in [-0.4, -0.2) is 4.55 Å². The van der Waals surface area contributed by atoms with Crippen LogP contribution in [0, 0.1) is 5.21 Å². The van der Waals surface area contributed by atoms with Crippen LogP contribution >= 0.6 is 34.8 Å². The zero-order chi connectivity index (χ0) is 14.0. The lowest BCUT2D eigenvalue weighted by atomic mass is 10.2. The first-order valence-electron chi connectivity index (χ1n) is 5.19. The van der Waals surface area contributed by atoms with E-state index in [1.165, 1.54) is 12.3 Å². The van der Waals surface area contributed by atoms with E-state index in [9.17, 15) is 9.76 Å². The third kappa shape index (κ3) is 3.27. The molecule has 19 heavy (non-hydrogen) atoms. The fourth-order valence-corrected chi connectivity index (χ4v) is 3.54. The first-order valence-corrected chi connectivity index (χ1v) is 7.65. The van der Waals surface area contributed by atoms with E-state index in [1.54, 1.807) is 24.3 Å². The SMILES string of the molecule is [O-][n+]1ccccc1[S+]([O-])Cc1c(Cl)ccc(Cl)c1Cl. The maximum absolute atomic E-state index is 12.2. The summed E-state index contributed by atoms with van der Waals surface area (Å²) in [6, 6.07) is 7.85. The molecule has 0 amide bonds. The molecule has 1 unspecified atom stereocenters. The largest absolute Gasteiger partial charge is 0.615 e. The van der Waals surface area contributed by atoms with Crippen molar-refractivity contribution in [3.05, 3.63) is 62.4 Å². The Labute approximate surface area is 128 Å². The van der Waals surface area contributed by atoms with Crippen LogP contribution in [0.2, 0.25) is 15.1 Å². The molecule has 0 N–H and O–H groups in total. The molecule has 0 aliphatic rings. The molecular formula is C12H8Cl3NO2S. The standard InChI is InChI=1S/C12H8Cl3NO2S/c13-9-4-5-10(14)12(15)8(9)7-19(18)11-3-1-2-6-16(11)17/h1-6H,7H2. The van der Waals surface area contributed by atoms with Gasteiger partial charge in [0.2, 0.25) is 0 Å². The molecule has 0 fully saturated rings. The van der Waals surface area contributed by atoms with Gasteiger partial charge in [-0.3, -0.25) is 0 Å². The van der Waals surface area contributed by atoms with E-state index in [0.717, 1.165) is 0 Å². The van der Waals surface area contributed by atoms with Gasteiger partial charge in [-0.2, -0.15) is 0 Å². The van der Waals surface area contributed by atoms with Gasteiger partial charge in [0.1, 0.15) is 5.75 Å². The van der Waals surface area contributed by atoms with Crippen LogP contribution in [0.1, 0.15) is 5.56 Å². The summed E-state index contributed by atoms with van der Waals surface area (Å²) in [6.45, 7) is 0. The highest BCUT2D eigenvalue weighted by atomic mass is 35.5. The quantitative estimate of drug-likeness (QED) is 0.372. The van der Waals surface area contributed by atoms with Crippen LogP contribution in [0.3, 0.4) is 0 Å². The molecule has 1 aromatic heterocycles. The molecule has 0 aliphatic carbocycles. The fraction of sp³-hybridized carbons (Fsp3) is 0.0833. The van der Waals surface area contributed by atoms with Crippen molar-refractivity contribution in [1.82, 2.24) is 0 Å². The molecule has 0 saturated heterocycles. The molecule has 0 radical (unpaired) electrons. The van der Waals surface area contributed by atoms with Gasteiger partial charge in [-0.05, 0) is 18.2 Å². The van der Waals surface area contributed by atoms with Gasteiger partial charge >= 0.3 is 5.03 Å². The van der Waals surface area contributed by atoms with E-state index in [4.69, 9.17) is 34.8 Å². The van der Waals surface area contributed by atoms with Crippen LogP contribution < -0.4 is 4.73 Å². The fourth-order valence-electron chi connectivity index (χ4n) is 1.50. The topological polar surface area (TPSA) is 50.0 Å². The predicted molar refractivity (Wildman–Crippen MR) is 77.0 cm³/mol. The van der Waals surface area contributed by atoms with E-state index in [0.29, 0.717) is 20.3 Å². The zero-order valence-electron chi connectivity index (χ0n) is 9.48. The lowest BCUT2D eigenvalue weighted by Crippen LogP contribution is -2.33. The van der Waals surface area contributed by atoms with Gasteiger partial charge in [-0.1, -0.05) is 34.8 Å². The lowest BCUT2D eigenvalue weighted by Gasteiger charge is -2.12. The molecule has 100 valence electrons. The molecule has 0 spiro atoms. The smallest absolute Gasteiger partial charge is 0.393 e. The lowest BCUT2D eigenvalue weighted by molar-refractivity contribution is -0.646. The summed E-state index contributed by atoms with van der Waals surface area (Å²) in [6.07, 6.45) is 1.29. The average molecular weight is 337 g/mol. The Morgan fingerprint density at radius 1 is 1.05 bits per heavy atom. The Morgan fingerprint density at radius 2 is 1.74 bits per heavy atom. The van der Waals surface area contributed by atoms with Crippen LogP contribution in [0.4, 0.5) is 0 Å². The van der Waals surface area contributed by atoms with Crippen molar-refractivity contribution in [3.63, 3.8) is 0 Å². The number of pyridine rings is 1. The van der Waals surface area contributed by atoms with E-state index >= 15 is 0 Å². The number of aromatic nitrogens is 1. The molecule has 7 heteroatoms. The van der Waals surface area contributed by atoms with E-state index in [-0.39, 0.29) is 15.8 Å². The summed E-state index contributed by atoms with van der Waals surface area (Å²) in [7, 11) is 0.